The van der Waals surface area contributed by atoms with Gasteiger partial charge in [0.1, 0.15) is 0 Å². The Bertz CT molecular complexity index is 1000. The molecule has 2 aromatic carbocycles. The van der Waals surface area contributed by atoms with Gasteiger partial charge >= 0.3 is 10.3 Å². The van der Waals surface area contributed by atoms with E-state index in [-0.39, 0.29) is 21.8 Å². The van der Waals surface area contributed by atoms with Crippen LogP contribution in [0.25, 0.3) is 0 Å². The third-order valence-electron chi connectivity index (χ3n) is 2.90. The molecule has 0 aromatic heterocycles. The zero-order chi connectivity index (χ0) is 18.1. The van der Waals surface area contributed by atoms with Crippen molar-refractivity contribution in [2.24, 2.45) is 0 Å². The maximum atomic E-state index is 12.7. The molecule has 0 saturated carbocycles. The molecule has 0 amide bonds. The van der Waals surface area contributed by atoms with E-state index in [9.17, 15) is 21.6 Å². The topological polar surface area (TPSA) is 118 Å². The summed E-state index contributed by atoms with van der Waals surface area (Å²) in [5, 5.41) is -0.891. The summed E-state index contributed by atoms with van der Waals surface area (Å²) < 4.78 is 58.3. The summed E-state index contributed by atoms with van der Waals surface area (Å²) in [5.41, 5.74) is -0.907. The van der Waals surface area contributed by atoms with Gasteiger partial charge in [0.05, 0.1) is 25.5 Å². The lowest BCUT2D eigenvalue weighted by molar-refractivity contribution is 0.112. The van der Waals surface area contributed by atoms with E-state index in [0.29, 0.717) is 0 Å². The molecule has 0 saturated heterocycles. The van der Waals surface area contributed by atoms with Crippen LogP contribution in [0.5, 0.6) is 0 Å². The summed E-state index contributed by atoms with van der Waals surface area (Å²) in [6.07, 6.45) is 0.273. The number of rotatable bonds is 5. The zero-order valence-electron chi connectivity index (χ0n) is 11.6. The quantitative estimate of drug-likeness (QED) is 0.578. The van der Waals surface area contributed by atoms with Crippen molar-refractivity contribution in [2.45, 2.75) is 9.79 Å². The Morgan fingerprint density at radius 2 is 1.58 bits per heavy atom. The monoisotopic (exact) mass is 409 g/mol. The number of nitrogens with one attached hydrogen (secondary N) is 1. The van der Waals surface area contributed by atoms with Crippen LogP contribution >= 0.6 is 23.2 Å². The first kappa shape index (κ1) is 18.7. The Morgan fingerprint density at radius 1 is 1.00 bits per heavy atom. The highest BCUT2D eigenvalue weighted by Crippen LogP contribution is 2.40. The average molecular weight is 410 g/mol. The van der Waals surface area contributed by atoms with Gasteiger partial charge in [0.2, 0.25) is 9.84 Å². The molecule has 2 N–H and O–H groups in total. The lowest BCUT2D eigenvalue weighted by atomic mass is 10.2. The van der Waals surface area contributed by atoms with Gasteiger partial charge in [-0.1, -0.05) is 41.4 Å². The molecule has 2 aromatic rings. The normalized spacial score (nSPS) is 12.0. The Labute approximate surface area is 148 Å². The summed E-state index contributed by atoms with van der Waals surface area (Å²) in [4.78, 5) is 10.3. The molecule has 0 unspecified atom stereocenters. The van der Waals surface area contributed by atoms with Crippen LogP contribution in [0.1, 0.15) is 10.4 Å². The second-order valence-corrected chi connectivity index (χ2v) is 8.31. The number of anilines is 1. The maximum absolute atomic E-state index is 12.7. The van der Waals surface area contributed by atoms with Gasteiger partial charge in [-0.05, 0) is 18.2 Å². The molecule has 11 heteroatoms. The lowest BCUT2D eigenvalue weighted by Crippen LogP contribution is -2.15. The van der Waals surface area contributed by atoms with Gasteiger partial charge in [0, 0.05) is 5.56 Å². The first-order chi connectivity index (χ1) is 11.1. The second-order valence-electron chi connectivity index (χ2n) is 4.48. The Morgan fingerprint density at radius 3 is 2.08 bits per heavy atom. The zero-order valence-corrected chi connectivity index (χ0v) is 14.7. The number of sulfone groups is 1. The van der Waals surface area contributed by atoms with Gasteiger partial charge in [0.15, 0.2) is 6.29 Å². The van der Waals surface area contributed by atoms with Crippen molar-refractivity contribution in [3.05, 3.63) is 52.0 Å². The van der Waals surface area contributed by atoms with Gasteiger partial charge in [-0.3, -0.25) is 14.1 Å². The van der Waals surface area contributed by atoms with E-state index in [4.69, 9.17) is 27.8 Å². The number of carbonyl (C=O) groups excluding carboxylic acids is 1. The van der Waals surface area contributed by atoms with E-state index in [0.717, 1.165) is 6.07 Å². The van der Waals surface area contributed by atoms with E-state index in [1.54, 1.807) is 10.8 Å². The predicted molar refractivity (Wildman–Crippen MR) is 88.9 cm³/mol. The van der Waals surface area contributed by atoms with Crippen molar-refractivity contribution < 1.29 is 26.2 Å². The fourth-order valence-corrected chi connectivity index (χ4v) is 4.44. The molecule has 0 spiro atoms. The summed E-state index contributed by atoms with van der Waals surface area (Å²) in [5.74, 6) is 0. The van der Waals surface area contributed by atoms with Crippen LogP contribution in [0.15, 0.2) is 46.2 Å². The van der Waals surface area contributed by atoms with Crippen molar-refractivity contribution in [1.82, 2.24) is 0 Å². The maximum Gasteiger partial charge on any atom is 0.357 e. The molecule has 0 fully saturated rings. The third kappa shape index (κ3) is 3.70. The predicted octanol–water partition coefficient (Wildman–Crippen LogP) is 2.85. The van der Waals surface area contributed by atoms with Crippen LogP contribution in [0.3, 0.4) is 0 Å². The highest BCUT2D eigenvalue weighted by atomic mass is 35.5. The molecule has 2 rings (SSSR count). The number of halogens is 2. The van der Waals surface area contributed by atoms with Crippen LogP contribution in [0, 0.1) is 0 Å². The van der Waals surface area contributed by atoms with Crippen molar-refractivity contribution in [2.75, 3.05) is 4.72 Å². The van der Waals surface area contributed by atoms with Gasteiger partial charge in [0.25, 0.3) is 0 Å². The fraction of sp³-hybridized carbons (Fsp3) is 0. The number of aldehydes is 1. The molecule has 0 aliphatic rings. The molecule has 0 aliphatic carbocycles. The van der Waals surface area contributed by atoms with E-state index < -0.39 is 35.7 Å². The molecular weight excluding hydrogens is 401 g/mol. The SMILES string of the molecule is O=Cc1cc(S(=O)(=O)c2ccccc2)c(NS(=O)(=O)O)c(Cl)c1Cl. The molecule has 0 aliphatic heterocycles. The largest absolute Gasteiger partial charge is 0.357 e. The van der Waals surface area contributed by atoms with Crippen molar-refractivity contribution in [3.63, 3.8) is 0 Å². The number of benzene rings is 2. The second kappa shape index (κ2) is 6.69. The number of hydrogen-bond donors (Lipinski definition) is 2. The molecular formula is C13H9Cl2NO6S2. The summed E-state index contributed by atoms with van der Waals surface area (Å²) in [6, 6.07) is 7.92. The van der Waals surface area contributed by atoms with Gasteiger partial charge in [-0.2, -0.15) is 8.42 Å². The van der Waals surface area contributed by atoms with Crippen LogP contribution in [-0.2, 0) is 20.1 Å². The average Bonchev–Trinajstić information content (AvgIpc) is 2.51. The van der Waals surface area contributed by atoms with Crippen LogP contribution in [0.2, 0.25) is 10.0 Å². The molecule has 0 atom stereocenters. The summed E-state index contributed by atoms with van der Waals surface area (Å²) in [6.45, 7) is 0. The molecule has 24 heavy (non-hydrogen) atoms. The molecule has 0 bridgehead atoms. The minimum Gasteiger partial charge on any atom is -0.298 e. The van der Waals surface area contributed by atoms with Crippen molar-refractivity contribution >= 4 is 55.3 Å². The highest BCUT2D eigenvalue weighted by Gasteiger charge is 2.28. The smallest absolute Gasteiger partial charge is 0.298 e. The van der Waals surface area contributed by atoms with Crippen molar-refractivity contribution in [1.29, 1.82) is 0 Å². The van der Waals surface area contributed by atoms with Crippen LogP contribution in [0.4, 0.5) is 5.69 Å². The molecule has 128 valence electrons. The van der Waals surface area contributed by atoms with Gasteiger partial charge in [-0.25, -0.2) is 8.42 Å². The van der Waals surface area contributed by atoms with Gasteiger partial charge in [-0.15, -0.1) is 0 Å². The fourth-order valence-electron chi connectivity index (χ4n) is 1.87. The molecule has 7 nitrogen and oxygen atoms in total. The standard InChI is InChI=1S/C13H9Cl2NO6S2/c14-11-8(7-17)6-10(13(12(11)15)16-24(20,21)22)23(18,19)9-4-2-1-3-5-9/h1-7,16H,(H,20,21,22). The third-order valence-corrected chi connectivity index (χ3v) is 6.04. The lowest BCUT2D eigenvalue weighted by Gasteiger charge is -2.15. The first-order valence-corrected chi connectivity index (χ1v) is 9.78. The molecule has 0 radical (unpaired) electrons. The van der Waals surface area contributed by atoms with E-state index in [2.05, 4.69) is 0 Å². The minimum atomic E-state index is -4.85. The Balaban J connectivity index is 2.86. The van der Waals surface area contributed by atoms with E-state index in [1.807, 2.05) is 0 Å². The Kier molecular flexibility index (Phi) is 5.21. The van der Waals surface area contributed by atoms with Crippen LogP contribution in [-0.4, -0.2) is 27.7 Å². The molecule has 0 heterocycles. The number of carbonyl (C=O) groups is 1. The van der Waals surface area contributed by atoms with E-state index in [1.165, 1.54) is 24.3 Å². The van der Waals surface area contributed by atoms with Crippen LogP contribution < -0.4 is 4.72 Å². The van der Waals surface area contributed by atoms with E-state index >= 15 is 0 Å². The van der Waals surface area contributed by atoms with Gasteiger partial charge < -0.3 is 0 Å². The summed E-state index contributed by atoms with van der Waals surface area (Å²) in [7, 11) is -9.10. The highest BCUT2D eigenvalue weighted by molar-refractivity contribution is 7.92. The van der Waals surface area contributed by atoms with Crippen molar-refractivity contribution in [3.8, 4) is 0 Å². The Hall–Kier alpha value is -1.65. The minimum absolute atomic E-state index is 0.168. The first-order valence-electron chi connectivity index (χ1n) is 6.10. The number of hydrogen-bond acceptors (Lipinski definition) is 5. The summed E-state index contributed by atoms with van der Waals surface area (Å²) >= 11 is 11.7.